The number of esters is 1. The van der Waals surface area contributed by atoms with Crippen molar-refractivity contribution in [2.24, 2.45) is 0 Å². The molecular formula is C14H16N2O3. The molecule has 0 saturated carbocycles. The van der Waals surface area contributed by atoms with Gasteiger partial charge in [0.2, 0.25) is 0 Å². The van der Waals surface area contributed by atoms with Gasteiger partial charge in [-0.15, -0.1) is 0 Å². The largest absolute Gasteiger partial charge is 0.462 e. The summed E-state index contributed by atoms with van der Waals surface area (Å²) in [6, 6.07) is 5.38. The molecule has 1 atom stereocenters. The molecule has 3 rings (SSSR count). The summed E-state index contributed by atoms with van der Waals surface area (Å²) < 4.78 is 10.4. The number of aromatic nitrogens is 2. The number of ether oxygens (including phenoxy) is 2. The molecule has 1 aliphatic rings. The van der Waals surface area contributed by atoms with Gasteiger partial charge in [-0.3, -0.25) is 0 Å². The van der Waals surface area contributed by atoms with Crippen molar-refractivity contribution in [1.29, 1.82) is 0 Å². The summed E-state index contributed by atoms with van der Waals surface area (Å²) in [6.07, 6.45) is 0.991. The Labute approximate surface area is 110 Å². The van der Waals surface area contributed by atoms with E-state index in [1.165, 1.54) is 0 Å². The number of nitrogens with zero attached hydrogens (tertiary/aromatic N) is 1. The molecule has 5 nitrogen and oxygen atoms in total. The monoisotopic (exact) mass is 260 g/mol. The SMILES string of the molecule is CCOC(=O)c1ccc2nc(C3CCOC3)[nH]c2c1. The predicted octanol–water partition coefficient (Wildman–Crippen LogP) is 2.24. The van der Waals surface area contributed by atoms with Crippen LogP contribution < -0.4 is 0 Å². The van der Waals surface area contributed by atoms with E-state index in [0.29, 0.717) is 24.7 Å². The topological polar surface area (TPSA) is 64.2 Å². The third-order valence-corrected chi connectivity index (χ3v) is 3.33. The molecule has 1 fully saturated rings. The van der Waals surface area contributed by atoms with E-state index in [0.717, 1.165) is 29.9 Å². The highest BCUT2D eigenvalue weighted by molar-refractivity contribution is 5.93. The van der Waals surface area contributed by atoms with Gasteiger partial charge in [0, 0.05) is 12.5 Å². The van der Waals surface area contributed by atoms with Crippen molar-refractivity contribution < 1.29 is 14.3 Å². The van der Waals surface area contributed by atoms with Crippen molar-refractivity contribution in [3.05, 3.63) is 29.6 Å². The van der Waals surface area contributed by atoms with Crippen molar-refractivity contribution >= 4 is 17.0 Å². The number of rotatable bonds is 3. The summed E-state index contributed by atoms with van der Waals surface area (Å²) in [6.45, 7) is 3.68. The van der Waals surface area contributed by atoms with Crippen molar-refractivity contribution in [2.75, 3.05) is 19.8 Å². The normalized spacial score (nSPS) is 18.9. The minimum atomic E-state index is -0.301. The molecule has 0 aliphatic carbocycles. The number of hydrogen-bond acceptors (Lipinski definition) is 4. The Balaban J connectivity index is 1.92. The molecule has 5 heteroatoms. The molecule has 1 aromatic carbocycles. The second-order valence-corrected chi connectivity index (χ2v) is 4.63. The zero-order valence-electron chi connectivity index (χ0n) is 10.8. The molecule has 1 aromatic heterocycles. The molecular weight excluding hydrogens is 244 g/mol. The van der Waals surface area contributed by atoms with Crippen LogP contribution in [0.3, 0.4) is 0 Å². The number of hydrogen-bond donors (Lipinski definition) is 1. The van der Waals surface area contributed by atoms with Crippen LogP contribution in [0.5, 0.6) is 0 Å². The van der Waals surface area contributed by atoms with Gasteiger partial charge in [-0.25, -0.2) is 9.78 Å². The van der Waals surface area contributed by atoms with E-state index in [1.807, 2.05) is 6.07 Å². The van der Waals surface area contributed by atoms with Crippen LogP contribution in [-0.4, -0.2) is 35.8 Å². The molecule has 0 radical (unpaired) electrons. The highest BCUT2D eigenvalue weighted by atomic mass is 16.5. The average molecular weight is 260 g/mol. The first-order valence-electron chi connectivity index (χ1n) is 6.52. The van der Waals surface area contributed by atoms with E-state index in [9.17, 15) is 4.79 Å². The van der Waals surface area contributed by atoms with Gasteiger partial charge in [0.05, 0.1) is 29.8 Å². The van der Waals surface area contributed by atoms with Gasteiger partial charge in [-0.05, 0) is 31.5 Å². The number of benzene rings is 1. The van der Waals surface area contributed by atoms with E-state index in [1.54, 1.807) is 19.1 Å². The van der Waals surface area contributed by atoms with Crippen LogP contribution in [0, 0.1) is 0 Å². The fourth-order valence-corrected chi connectivity index (χ4v) is 2.31. The molecule has 1 saturated heterocycles. The zero-order chi connectivity index (χ0) is 13.2. The first-order valence-corrected chi connectivity index (χ1v) is 6.52. The first-order chi connectivity index (χ1) is 9.28. The molecule has 1 unspecified atom stereocenters. The fourth-order valence-electron chi connectivity index (χ4n) is 2.31. The van der Waals surface area contributed by atoms with E-state index in [4.69, 9.17) is 9.47 Å². The summed E-state index contributed by atoms with van der Waals surface area (Å²) >= 11 is 0. The summed E-state index contributed by atoms with van der Waals surface area (Å²) in [5.74, 6) is 0.969. The van der Waals surface area contributed by atoms with Crippen LogP contribution in [0.15, 0.2) is 18.2 Å². The second kappa shape index (κ2) is 5.01. The minimum absolute atomic E-state index is 0.301. The van der Waals surface area contributed by atoms with Crippen LogP contribution in [0.2, 0.25) is 0 Å². The molecule has 0 spiro atoms. The number of H-pyrrole nitrogens is 1. The Kier molecular flexibility index (Phi) is 3.21. The molecule has 0 amide bonds. The van der Waals surface area contributed by atoms with Gasteiger partial charge in [-0.1, -0.05) is 0 Å². The molecule has 1 N–H and O–H groups in total. The maximum atomic E-state index is 11.7. The Hall–Kier alpha value is -1.88. The smallest absolute Gasteiger partial charge is 0.338 e. The Morgan fingerprint density at radius 1 is 1.58 bits per heavy atom. The zero-order valence-corrected chi connectivity index (χ0v) is 10.8. The molecule has 1 aliphatic heterocycles. The Morgan fingerprint density at radius 2 is 2.47 bits per heavy atom. The summed E-state index contributed by atoms with van der Waals surface area (Å²) in [4.78, 5) is 19.5. The average Bonchev–Trinajstić information content (AvgIpc) is 3.07. The van der Waals surface area contributed by atoms with Gasteiger partial charge in [0.15, 0.2) is 0 Å². The number of imidazole rings is 1. The van der Waals surface area contributed by atoms with Crippen molar-refractivity contribution in [2.45, 2.75) is 19.3 Å². The lowest BCUT2D eigenvalue weighted by atomic mass is 10.1. The lowest BCUT2D eigenvalue weighted by Crippen LogP contribution is -2.04. The van der Waals surface area contributed by atoms with Crippen molar-refractivity contribution in [1.82, 2.24) is 9.97 Å². The third kappa shape index (κ3) is 2.33. The lowest BCUT2D eigenvalue weighted by Gasteiger charge is -2.01. The molecule has 2 heterocycles. The van der Waals surface area contributed by atoms with Crippen molar-refractivity contribution in [3.8, 4) is 0 Å². The molecule has 100 valence electrons. The van der Waals surface area contributed by atoms with Gasteiger partial charge < -0.3 is 14.5 Å². The lowest BCUT2D eigenvalue weighted by molar-refractivity contribution is 0.0526. The van der Waals surface area contributed by atoms with Crippen LogP contribution in [0.1, 0.15) is 35.4 Å². The summed E-state index contributed by atoms with van der Waals surface area (Å²) in [7, 11) is 0. The van der Waals surface area contributed by atoms with E-state index in [2.05, 4.69) is 9.97 Å². The van der Waals surface area contributed by atoms with Gasteiger partial charge in [0.1, 0.15) is 5.82 Å². The van der Waals surface area contributed by atoms with Gasteiger partial charge in [-0.2, -0.15) is 0 Å². The number of nitrogens with one attached hydrogen (secondary N) is 1. The predicted molar refractivity (Wildman–Crippen MR) is 70.2 cm³/mol. The minimum Gasteiger partial charge on any atom is -0.462 e. The Morgan fingerprint density at radius 3 is 3.21 bits per heavy atom. The highest BCUT2D eigenvalue weighted by Gasteiger charge is 2.21. The number of aromatic amines is 1. The van der Waals surface area contributed by atoms with Crippen LogP contribution >= 0.6 is 0 Å². The second-order valence-electron chi connectivity index (χ2n) is 4.63. The maximum Gasteiger partial charge on any atom is 0.338 e. The van der Waals surface area contributed by atoms with E-state index >= 15 is 0 Å². The standard InChI is InChI=1S/C14H16N2O3/c1-2-19-14(17)9-3-4-11-12(7-9)16-13(15-11)10-5-6-18-8-10/h3-4,7,10H,2,5-6,8H2,1H3,(H,15,16). The van der Waals surface area contributed by atoms with Gasteiger partial charge in [0.25, 0.3) is 0 Å². The Bertz CT molecular complexity index is 600. The highest BCUT2D eigenvalue weighted by Crippen LogP contribution is 2.25. The van der Waals surface area contributed by atoms with Crippen LogP contribution in [0.4, 0.5) is 0 Å². The van der Waals surface area contributed by atoms with E-state index < -0.39 is 0 Å². The number of fused-ring (bicyclic) bond motifs is 1. The van der Waals surface area contributed by atoms with Crippen LogP contribution in [0.25, 0.3) is 11.0 Å². The van der Waals surface area contributed by atoms with Crippen molar-refractivity contribution in [3.63, 3.8) is 0 Å². The number of carbonyl (C=O) groups excluding carboxylic acids is 1. The van der Waals surface area contributed by atoms with Crippen LogP contribution in [-0.2, 0) is 9.47 Å². The summed E-state index contributed by atoms with van der Waals surface area (Å²) in [5, 5.41) is 0. The quantitative estimate of drug-likeness (QED) is 0.860. The third-order valence-electron chi connectivity index (χ3n) is 3.33. The molecule has 0 bridgehead atoms. The molecule has 19 heavy (non-hydrogen) atoms. The summed E-state index contributed by atoms with van der Waals surface area (Å²) in [5.41, 5.74) is 2.29. The number of carbonyl (C=O) groups is 1. The first kappa shape index (κ1) is 12.2. The van der Waals surface area contributed by atoms with Gasteiger partial charge >= 0.3 is 5.97 Å². The van der Waals surface area contributed by atoms with E-state index in [-0.39, 0.29) is 5.97 Å². The fraction of sp³-hybridized carbons (Fsp3) is 0.429. The molecule has 2 aromatic rings. The maximum absolute atomic E-state index is 11.7.